The zero-order chi connectivity index (χ0) is 15.2. The van der Waals surface area contributed by atoms with Crippen LogP contribution in [-0.2, 0) is 9.53 Å². The maximum Gasteiger partial charge on any atom is 0.408 e. The largest absolute Gasteiger partial charge is 0.496 e. The van der Waals surface area contributed by atoms with Crippen molar-refractivity contribution in [3.63, 3.8) is 0 Å². The predicted molar refractivity (Wildman–Crippen MR) is 75.8 cm³/mol. The van der Waals surface area contributed by atoms with Crippen molar-refractivity contribution in [3.05, 3.63) is 29.8 Å². The van der Waals surface area contributed by atoms with Gasteiger partial charge in [-0.15, -0.1) is 0 Å². The first-order chi connectivity index (χ1) is 9.37. The number of benzene rings is 1. The summed E-state index contributed by atoms with van der Waals surface area (Å²) in [6, 6.07) is 6.77. The van der Waals surface area contributed by atoms with Gasteiger partial charge in [-0.25, -0.2) is 4.79 Å². The molecule has 0 aromatic heterocycles. The second kappa shape index (κ2) is 6.93. The fraction of sp³-hybridized carbons (Fsp3) is 0.467. The topological polar surface area (TPSA) is 64.6 Å². The van der Waals surface area contributed by atoms with Gasteiger partial charge in [0.15, 0.2) is 0 Å². The molecule has 0 spiro atoms. The van der Waals surface area contributed by atoms with E-state index in [0.29, 0.717) is 5.75 Å². The minimum Gasteiger partial charge on any atom is -0.496 e. The number of nitrogens with one attached hydrogen (secondary N) is 1. The molecule has 5 heteroatoms. The number of rotatable bonds is 5. The van der Waals surface area contributed by atoms with Crippen LogP contribution in [0.1, 0.15) is 38.8 Å². The Bertz CT molecular complexity index is 465. The van der Waals surface area contributed by atoms with Gasteiger partial charge in [0.25, 0.3) is 0 Å². The van der Waals surface area contributed by atoms with Crippen LogP contribution in [0.4, 0.5) is 4.79 Å². The smallest absolute Gasteiger partial charge is 0.408 e. The van der Waals surface area contributed by atoms with E-state index in [9.17, 15) is 9.59 Å². The number of ether oxygens (including phenoxy) is 2. The van der Waals surface area contributed by atoms with E-state index in [0.717, 1.165) is 11.8 Å². The van der Waals surface area contributed by atoms with Crippen LogP contribution in [0.15, 0.2) is 24.3 Å². The zero-order valence-electron chi connectivity index (χ0n) is 12.3. The molecule has 0 saturated heterocycles. The molecule has 5 nitrogen and oxygen atoms in total. The summed E-state index contributed by atoms with van der Waals surface area (Å²) in [6.45, 7) is 5.35. The summed E-state index contributed by atoms with van der Waals surface area (Å²) in [4.78, 5) is 22.6. The molecule has 0 aliphatic carbocycles. The van der Waals surface area contributed by atoms with E-state index in [2.05, 4.69) is 5.32 Å². The van der Waals surface area contributed by atoms with Gasteiger partial charge in [-0.05, 0) is 26.8 Å². The monoisotopic (exact) mass is 279 g/mol. The maximum absolute atomic E-state index is 11.8. The van der Waals surface area contributed by atoms with E-state index < -0.39 is 17.7 Å². The Kier molecular flexibility index (Phi) is 5.55. The Morgan fingerprint density at radius 2 is 2.00 bits per heavy atom. The summed E-state index contributed by atoms with van der Waals surface area (Å²) < 4.78 is 10.4. The van der Waals surface area contributed by atoms with Crippen molar-refractivity contribution in [2.45, 2.75) is 38.8 Å². The number of carbonyl (C=O) groups is 2. The van der Waals surface area contributed by atoms with Crippen LogP contribution < -0.4 is 10.1 Å². The van der Waals surface area contributed by atoms with E-state index in [1.165, 1.54) is 0 Å². The van der Waals surface area contributed by atoms with Crippen LogP contribution in [0.25, 0.3) is 0 Å². The number of aldehydes is 1. The fourth-order valence-electron chi connectivity index (χ4n) is 1.76. The maximum atomic E-state index is 11.8. The summed E-state index contributed by atoms with van der Waals surface area (Å²) in [6.07, 6.45) is 0.351. The molecule has 1 aromatic rings. The van der Waals surface area contributed by atoms with Gasteiger partial charge in [-0.1, -0.05) is 18.2 Å². The first-order valence-corrected chi connectivity index (χ1v) is 6.43. The standard InChI is InChI=1S/C15H21NO4/c1-15(2,3)20-14(18)16-12(9-10-17)11-7-5-6-8-13(11)19-4/h5-8,10,12H,9H2,1-4H3,(H,16,18)/t12-/m0/s1. The van der Waals surface area contributed by atoms with Gasteiger partial charge in [-0.2, -0.15) is 0 Å². The van der Waals surface area contributed by atoms with Crippen LogP contribution in [0, 0.1) is 0 Å². The average Bonchev–Trinajstić information content (AvgIpc) is 2.36. The molecule has 0 aliphatic rings. The van der Waals surface area contributed by atoms with Gasteiger partial charge < -0.3 is 19.6 Å². The van der Waals surface area contributed by atoms with Crippen LogP contribution in [0.3, 0.4) is 0 Å². The van der Waals surface area contributed by atoms with E-state index in [1.807, 2.05) is 18.2 Å². The average molecular weight is 279 g/mol. The highest BCUT2D eigenvalue weighted by atomic mass is 16.6. The quantitative estimate of drug-likeness (QED) is 0.842. The van der Waals surface area contributed by atoms with Gasteiger partial charge in [0.2, 0.25) is 0 Å². The molecule has 20 heavy (non-hydrogen) atoms. The van der Waals surface area contributed by atoms with Gasteiger partial charge >= 0.3 is 6.09 Å². The molecule has 0 fully saturated rings. The van der Waals surface area contributed by atoms with E-state index >= 15 is 0 Å². The van der Waals surface area contributed by atoms with Crippen LogP contribution in [0.2, 0.25) is 0 Å². The highest BCUT2D eigenvalue weighted by Gasteiger charge is 2.22. The lowest BCUT2D eigenvalue weighted by Gasteiger charge is -2.23. The molecule has 1 aromatic carbocycles. The fourth-order valence-corrected chi connectivity index (χ4v) is 1.76. The molecule has 0 saturated carbocycles. The van der Waals surface area contributed by atoms with Crippen molar-refractivity contribution in [1.82, 2.24) is 5.32 Å². The molecule has 1 atom stereocenters. The second-order valence-electron chi connectivity index (χ2n) is 5.34. The third kappa shape index (κ3) is 4.91. The van der Waals surface area contributed by atoms with E-state index in [1.54, 1.807) is 33.9 Å². The third-order valence-electron chi connectivity index (χ3n) is 2.54. The SMILES string of the molecule is COc1ccccc1[C@H](CC=O)NC(=O)OC(C)(C)C. The Morgan fingerprint density at radius 3 is 2.55 bits per heavy atom. The molecular formula is C15H21NO4. The Hall–Kier alpha value is -2.04. The molecule has 1 rings (SSSR count). The van der Waals surface area contributed by atoms with Gasteiger partial charge in [0.05, 0.1) is 13.2 Å². The number of methoxy groups -OCH3 is 1. The van der Waals surface area contributed by atoms with E-state index in [-0.39, 0.29) is 6.42 Å². The summed E-state index contributed by atoms with van der Waals surface area (Å²) in [5.41, 5.74) is 0.157. The van der Waals surface area contributed by atoms with Crippen molar-refractivity contribution in [3.8, 4) is 5.75 Å². The van der Waals surface area contributed by atoms with Crippen molar-refractivity contribution in [1.29, 1.82) is 0 Å². The molecule has 110 valence electrons. The lowest BCUT2D eigenvalue weighted by Crippen LogP contribution is -2.35. The Labute approximate surface area is 119 Å². The van der Waals surface area contributed by atoms with Gasteiger partial charge in [0.1, 0.15) is 17.6 Å². The lowest BCUT2D eigenvalue weighted by atomic mass is 10.0. The summed E-state index contributed by atoms with van der Waals surface area (Å²) >= 11 is 0. The van der Waals surface area contributed by atoms with Crippen LogP contribution in [0.5, 0.6) is 5.75 Å². The van der Waals surface area contributed by atoms with Crippen molar-refractivity contribution in [2.75, 3.05) is 7.11 Å². The molecule has 1 N–H and O–H groups in total. The normalized spacial score (nSPS) is 12.4. The van der Waals surface area contributed by atoms with Crippen molar-refractivity contribution in [2.24, 2.45) is 0 Å². The Balaban J connectivity index is 2.89. The summed E-state index contributed by atoms with van der Waals surface area (Å²) in [5, 5.41) is 2.69. The van der Waals surface area contributed by atoms with Crippen LogP contribution >= 0.6 is 0 Å². The van der Waals surface area contributed by atoms with E-state index in [4.69, 9.17) is 9.47 Å². The molecule has 0 bridgehead atoms. The predicted octanol–water partition coefficient (Wildman–Crippen LogP) is 2.85. The highest BCUT2D eigenvalue weighted by molar-refractivity contribution is 5.69. The zero-order valence-corrected chi connectivity index (χ0v) is 12.3. The molecule has 0 heterocycles. The molecule has 0 radical (unpaired) electrons. The molecule has 1 amide bonds. The minimum absolute atomic E-state index is 0.152. The van der Waals surface area contributed by atoms with Crippen molar-refractivity contribution < 1.29 is 19.1 Å². The van der Waals surface area contributed by atoms with Crippen molar-refractivity contribution >= 4 is 12.4 Å². The summed E-state index contributed by atoms with van der Waals surface area (Å²) in [7, 11) is 1.55. The number of carbonyl (C=O) groups excluding carboxylic acids is 2. The summed E-state index contributed by atoms with van der Waals surface area (Å²) in [5.74, 6) is 0.621. The van der Waals surface area contributed by atoms with Gasteiger partial charge in [-0.3, -0.25) is 0 Å². The number of para-hydroxylation sites is 1. The van der Waals surface area contributed by atoms with Gasteiger partial charge in [0, 0.05) is 12.0 Å². The Morgan fingerprint density at radius 1 is 1.35 bits per heavy atom. The molecule has 0 unspecified atom stereocenters. The minimum atomic E-state index is -0.587. The molecular weight excluding hydrogens is 258 g/mol. The van der Waals surface area contributed by atoms with Crippen LogP contribution in [-0.4, -0.2) is 25.1 Å². The number of hydrogen-bond donors (Lipinski definition) is 1. The third-order valence-corrected chi connectivity index (χ3v) is 2.54. The number of alkyl carbamates (subject to hydrolysis) is 1. The molecule has 0 aliphatic heterocycles. The first kappa shape index (κ1) is 16.0. The number of hydrogen-bond acceptors (Lipinski definition) is 4. The second-order valence-corrected chi connectivity index (χ2v) is 5.34. The lowest BCUT2D eigenvalue weighted by molar-refractivity contribution is -0.108. The highest BCUT2D eigenvalue weighted by Crippen LogP contribution is 2.26. The first-order valence-electron chi connectivity index (χ1n) is 6.43. The number of amides is 1.